The molecule has 3 heteroatoms. The van der Waals surface area contributed by atoms with Crippen LogP contribution in [0.1, 0.15) is 30.9 Å². The summed E-state index contributed by atoms with van der Waals surface area (Å²) in [5, 5.41) is 5.32. The van der Waals surface area contributed by atoms with Gasteiger partial charge in [0.15, 0.2) is 0 Å². The summed E-state index contributed by atoms with van der Waals surface area (Å²) in [6.45, 7) is 2.27. The molecule has 0 atom stereocenters. The van der Waals surface area contributed by atoms with Crippen LogP contribution in [0.15, 0.2) is 78.4 Å². The molecule has 4 aromatic rings. The standard InChI is InChI=1S/C26H22.2ClH.Zr/c1-2-8-18-15-19-11-7-14-24(25(19)16-18)26-22-12-5-3-9-20(22)17-21-10-4-6-13-23(21)26;;;/h3-7,9-14,16-17H,2,8,15H2,1H3;2*1H;/q;;;+2/p-2. The normalized spacial score (nSPS) is 12.3. The fourth-order valence-electron chi connectivity index (χ4n) is 4.44. The van der Waals surface area contributed by atoms with E-state index < -0.39 is 20.8 Å². The number of allylic oxidation sites excluding steroid dienone is 1. The summed E-state index contributed by atoms with van der Waals surface area (Å²) >= 11 is -0.826. The Morgan fingerprint density at radius 2 is 1.45 bits per heavy atom. The second-order valence-corrected chi connectivity index (χ2v) is 11.1. The zero-order valence-corrected chi connectivity index (χ0v) is 20.4. The first-order chi connectivity index (χ1) is 14.3. The molecule has 144 valence electrons. The van der Waals surface area contributed by atoms with Crippen molar-refractivity contribution in [2.75, 3.05) is 0 Å². The molecule has 0 aromatic heterocycles. The van der Waals surface area contributed by atoms with Gasteiger partial charge < -0.3 is 0 Å². The van der Waals surface area contributed by atoms with Crippen LogP contribution in [0.4, 0.5) is 0 Å². The van der Waals surface area contributed by atoms with E-state index in [4.69, 9.17) is 17.0 Å². The molecule has 0 saturated carbocycles. The topological polar surface area (TPSA) is 0 Å². The van der Waals surface area contributed by atoms with E-state index in [1.165, 1.54) is 56.6 Å². The van der Waals surface area contributed by atoms with Crippen molar-refractivity contribution in [3.63, 3.8) is 0 Å². The van der Waals surface area contributed by atoms with Crippen LogP contribution in [0.2, 0.25) is 0 Å². The zero-order valence-electron chi connectivity index (χ0n) is 16.4. The molecule has 1 aliphatic carbocycles. The van der Waals surface area contributed by atoms with Crippen LogP contribution >= 0.6 is 17.0 Å². The average Bonchev–Trinajstić information content (AvgIpc) is 3.16. The number of benzene rings is 4. The van der Waals surface area contributed by atoms with Crippen molar-refractivity contribution in [1.29, 1.82) is 0 Å². The fraction of sp³-hybridized carbons (Fsp3) is 0.154. The van der Waals surface area contributed by atoms with Crippen molar-refractivity contribution in [3.05, 3.63) is 89.5 Å². The molecular weight excluding hydrogens is 474 g/mol. The Morgan fingerprint density at radius 1 is 0.828 bits per heavy atom. The maximum atomic E-state index is 4.93. The Hall–Kier alpha value is -1.40. The van der Waals surface area contributed by atoms with E-state index in [9.17, 15) is 0 Å². The van der Waals surface area contributed by atoms with Gasteiger partial charge in [0.05, 0.1) is 0 Å². The maximum absolute atomic E-state index is 4.93. The molecule has 0 spiro atoms. The Bertz CT molecular complexity index is 1140. The molecule has 0 N–H and O–H groups in total. The van der Waals surface area contributed by atoms with E-state index in [-0.39, 0.29) is 0 Å². The van der Waals surface area contributed by atoms with Crippen LogP contribution in [-0.2, 0) is 27.3 Å². The van der Waals surface area contributed by atoms with E-state index in [0.29, 0.717) is 0 Å². The molecule has 0 fully saturated rings. The van der Waals surface area contributed by atoms with E-state index in [2.05, 4.69) is 85.8 Å². The first-order valence-corrected chi connectivity index (χ1v) is 16.3. The molecular formula is C26H22Cl2Zr. The first-order valence-electron chi connectivity index (χ1n) is 9.95. The van der Waals surface area contributed by atoms with Crippen LogP contribution in [0, 0.1) is 0 Å². The second kappa shape index (κ2) is 9.61. The molecule has 4 aromatic carbocycles. The molecule has 1 aliphatic rings. The number of rotatable bonds is 3. The van der Waals surface area contributed by atoms with Crippen molar-refractivity contribution in [2.24, 2.45) is 0 Å². The minimum atomic E-state index is -0.826. The van der Waals surface area contributed by atoms with Crippen LogP contribution < -0.4 is 0 Å². The fourth-order valence-corrected chi connectivity index (χ4v) is 4.44. The SMILES string of the molecule is CCCC1=Cc2c(cccc2-c2c3ccccc3cc3ccccc23)C1.[Cl][Zr][Cl]. The Kier molecular flexibility index (Phi) is 6.91. The quantitative estimate of drug-likeness (QED) is 0.249. The van der Waals surface area contributed by atoms with Gasteiger partial charge in [0.1, 0.15) is 0 Å². The minimum absolute atomic E-state index is 0.826. The van der Waals surface area contributed by atoms with Crippen molar-refractivity contribution in [3.8, 4) is 11.1 Å². The van der Waals surface area contributed by atoms with Crippen molar-refractivity contribution in [2.45, 2.75) is 26.2 Å². The molecule has 0 aliphatic heterocycles. The van der Waals surface area contributed by atoms with Crippen molar-refractivity contribution < 1.29 is 20.8 Å². The molecule has 5 rings (SSSR count). The van der Waals surface area contributed by atoms with Crippen LogP contribution in [0.5, 0.6) is 0 Å². The summed E-state index contributed by atoms with van der Waals surface area (Å²) in [5.74, 6) is 0. The Balaban J connectivity index is 0.000000645. The second-order valence-electron chi connectivity index (χ2n) is 7.37. The van der Waals surface area contributed by atoms with Crippen molar-refractivity contribution >= 4 is 44.6 Å². The van der Waals surface area contributed by atoms with Gasteiger partial charge in [-0.2, -0.15) is 0 Å². The van der Waals surface area contributed by atoms with Crippen LogP contribution in [-0.4, -0.2) is 0 Å². The molecule has 29 heavy (non-hydrogen) atoms. The van der Waals surface area contributed by atoms with Crippen LogP contribution in [0.3, 0.4) is 0 Å². The molecule has 0 heterocycles. The zero-order chi connectivity index (χ0) is 20.2. The van der Waals surface area contributed by atoms with E-state index in [1.54, 1.807) is 5.57 Å². The van der Waals surface area contributed by atoms with Crippen LogP contribution in [0.25, 0.3) is 38.7 Å². The molecule has 0 nitrogen and oxygen atoms in total. The predicted octanol–water partition coefficient (Wildman–Crippen LogP) is 8.78. The van der Waals surface area contributed by atoms with E-state index in [0.717, 1.165) is 6.42 Å². The summed E-state index contributed by atoms with van der Waals surface area (Å²) in [7, 11) is 9.87. The van der Waals surface area contributed by atoms with Gasteiger partial charge in [-0.05, 0) is 62.7 Å². The first kappa shape index (κ1) is 20.9. The van der Waals surface area contributed by atoms with E-state index in [1.807, 2.05) is 0 Å². The van der Waals surface area contributed by atoms with Gasteiger partial charge in [-0.15, -0.1) is 0 Å². The molecule has 0 bridgehead atoms. The Morgan fingerprint density at radius 3 is 2.07 bits per heavy atom. The summed E-state index contributed by atoms with van der Waals surface area (Å²) in [6.07, 6.45) is 5.97. The van der Waals surface area contributed by atoms with Gasteiger partial charge in [0.25, 0.3) is 0 Å². The predicted molar refractivity (Wildman–Crippen MR) is 125 cm³/mol. The summed E-state index contributed by atoms with van der Waals surface area (Å²) in [5.41, 5.74) is 7.23. The Labute approximate surface area is 191 Å². The molecule has 0 radical (unpaired) electrons. The van der Waals surface area contributed by atoms with Gasteiger partial charge in [-0.3, -0.25) is 0 Å². The summed E-state index contributed by atoms with van der Waals surface area (Å²) in [4.78, 5) is 0. The van der Waals surface area contributed by atoms with E-state index >= 15 is 0 Å². The monoisotopic (exact) mass is 494 g/mol. The van der Waals surface area contributed by atoms with Gasteiger partial charge in [0.2, 0.25) is 0 Å². The molecule has 0 saturated heterocycles. The van der Waals surface area contributed by atoms with Gasteiger partial charge >= 0.3 is 37.9 Å². The third-order valence-electron chi connectivity index (χ3n) is 5.57. The third-order valence-corrected chi connectivity index (χ3v) is 5.57. The van der Waals surface area contributed by atoms with Gasteiger partial charge in [-0.1, -0.05) is 91.7 Å². The van der Waals surface area contributed by atoms with Gasteiger partial charge in [-0.25, -0.2) is 0 Å². The number of hydrogen-bond acceptors (Lipinski definition) is 0. The average molecular weight is 497 g/mol. The van der Waals surface area contributed by atoms with Crippen molar-refractivity contribution in [1.82, 2.24) is 0 Å². The summed E-state index contributed by atoms with van der Waals surface area (Å²) in [6, 6.07) is 26.7. The molecule has 0 unspecified atom stereocenters. The summed E-state index contributed by atoms with van der Waals surface area (Å²) < 4.78 is 0. The number of halogens is 2. The number of fused-ring (bicyclic) bond motifs is 3. The third kappa shape index (κ3) is 4.24. The number of hydrogen-bond donors (Lipinski definition) is 0. The van der Waals surface area contributed by atoms with Gasteiger partial charge in [0, 0.05) is 0 Å². The molecule has 0 amide bonds.